The molecule has 1 aliphatic heterocycles. The van der Waals surface area contributed by atoms with Crippen LogP contribution in [0.15, 0.2) is 55.3 Å². The van der Waals surface area contributed by atoms with Crippen LogP contribution >= 0.6 is 0 Å². The van der Waals surface area contributed by atoms with E-state index in [9.17, 15) is 9.59 Å². The van der Waals surface area contributed by atoms with Crippen molar-refractivity contribution in [1.29, 1.82) is 0 Å². The zero-order chi connectivity index (χ0) is 29.7. The molecule has 2 N–H and O–H groups in total. The molecule has 0 fully saturated rings. The van der Waals surface area contributed by atoms with E-state index in [-0.39, 0.29) is 24.4 Å². The smallest absolute Gasteiger partial charge is 0.330 e. The van der Waals surface area contributed by atoms with E-state index in [1.54, 1.807) is 38.4 Å². The summed E-state index contributed by atoms with van der Waals surface area (Å²) in [6.07, 6.45) is 2.90. The van der Waals surface area contributed by atoms with Gasteiger partial charge in [-0.2, -0.15) is 4.98 Å². The Bertz CT molecular complexity index is 1440. The number of amides is 3. The quantitative estimate of drug-likeness (QED) is 0.337. The Labute approximate surface area is 240 Å². The van der Waals surface area contributed by atoms with Gasteiger partial charge in [-0.25, -0.2) is 9.78 Å². The molecule has 1 aromatic heterocycles. The zero-order valence-corrected chi connectivity index (χ0v) is 24.3. The minimum atomic E-state index is -0.340. The maximum absolute atomic E-state index is 13.3. The molecule has 0 saturated carbocycles. The molecule has 0 unspecified atom stereocenters. The molecule has 216 valence electrons. The number of hydrogen-bond donors (Lipinski definition) is 2. The van der Waals surface area contributed by atoms with Crippen molar-refractivity contribution < 1.29 is 19.1 Å². The Kier molecular flexibility index (Phi) is 8.93. The van der Waals surface area contributed by atoms with Crippen molar-refractivity contribution in [1.82, 2.24) is 14.9 Å². The highest BCUT2D eigenvalue weighted by molar-refractivity contribution is 6.06. The molecule has 0 bridgehead atoms. The van der Waals surface area contributed by atoms with E-state index < -0.39 is 0 Å². The van der Waals surface area contributed by atoms with Gasteiger partial charge < -0.3 is 29.9 Å². The average Bonchev–Trinajstić information content (AvgIpc) is 2.98. The van der Waals surface area contributed by atoms with Crippen molar-refractivity contribution >= 4 is 46.5 Å². The molecule has 2 heterocycles. The summed E-state index contributed by atoms with van der Waals surface area (Å²) in [7, 11) is 10.8. The Morgan fingerprint density at radius 1 is 1.10 bits per heavy atom. The molecule has 0 spiro atoms. The summed E-state index contributed by atoms with van der Waals surface area (Å²) in [6, 6.07) is 10.7. The van der Waals surface area contributed by atoms with Crippen LogP contribution < -0.4 is 34.8 Å². The molecule has 3 amide bonds. The standard InChI is InChI=1S/C29H36N8O4/c1-8-26(38)31-20-15-21(25(41-7)16-23(20)35(4)14-13-34(2)3)32-28-30-17-19-18-37(29(39)36(5)27(19)33-28)22-11-9-10-12-24(22)40-6/h8-12,15-17H,1,13-14,18H2,2-7H3,(H,31,38)(H,30,32,33). The van der Waals surface area contributed by atoms with E-state index in [0.717, 1.165) is 24.3 Å². The summed E-state index contributed by atoms with van der Waals surface area (Å²) in [5.41, 5.74) is 3.31. The second-order valence-electron chi connectivity index (χ2n) is 9.75. The molecule has 1 aliphatic rings. The fourth-order valence-electron chi connectivity index (χ4n) is 4.44. The van der Waals surface area contributed by atoms with Crippen molar-refractivity contribution in [2.45, 2.75) is 6.54 Å². The second kappa shape index (κ2) is 12.6. The van der Waals surface area contributed by atoms with Gasteiger partial charge in [0.1, 0.15) is 17.3 Å². The number of carbonyl (C=O) groups excluding carboxylic acids is 2. The summed E-state index contributed by atoms with van der Waals surface area (Å²) < 4.78 is 11.1. The predicted molar refractivity (Wildman–Crippen MR) is 162 cm³/mol. The van der Waals surface area contributed by atoms with E-state index in [1.807, 2.05) is 56.4 Å². The molecular weight excluding hydrogens is 524 g/mol. The summed E-state index contributed by atoms with van der Waals surface area (Å²) >= 11 is 0. The van der Waals surface area contributed by atoms with Gasteiger partial charge in [0.25, 0.3) is 0 Å². The number of para-hydroxylation sites is 2. The number of carbonyl (C=O) groups is 2. The maximum Gasteiger partial charge on any atom is 0.330 e. The minimum absolute atomic E-state index is 0.247. The van der Waals surface area contributed by atoms with Gasteiger partial charge in [0.05, 0.1) is 43.5 Å². The fraction of sp³-hybridized carbons (Fsp3) is 0.310. The van der Waals surface area contributed by atoms with Gasteiger partial charge in [0.15, 0.2) is 0 Å². The van der Waals surface area contributed by atoms with Crippen molar-refractivity contribution in [3.63, 3.8) is 0 Å². The number of hydrogen-bond acceptors (Lipinski definition) is 9. The Balaban J connectivity index is 1.66. The third-order valence-electron chi connectivity index (χ3n) is 6.68. The lowest BCUT2D eigenvalue weighted by Gasteiger charge is -2.34. The van der Waals surface area contributed by atoms with Crippen LogP contribution in [0.1, 0.15) is 5.56 Å². The normalized spacial score (nSPS) is 12.6. The van der Waals surface area contributed by atoms with E-state index in [0.29, 0.717) is 34.4 Å². The number of anilines is 6. The number of nitrogens with zero attached hydrogens (tertiary/aromatic N) is 6. The molecule has 41 heavy (non-hydrogen) atoms. The van der Waals surface area contributed by atoms with Crippen molar-refractivity contribution in [3.05, 3.63) is 60.8 Å². The Morgan fingerprint density at radius 2 is 1.83 bits per heavy atom. The highest BCUT2D eigenvalue weighted by Crippen LogP contribution is 2.39. The third kappa shape index (κ3) is 6.33. The number of aromatic nitrogens is 2. The van der Waals surface area contributed by atoms with Gasteiger partial charge in [-0.1, -0.05) is 18.7 Å². The average molecular weight is 561 g/mol. The number of benzene rings is 2. The summed E-state index contributed by atoms with van der Waals surface area (Å²) in [6.45, 7) is 5.39. The number of methoxy groups -OCH3 is 2. The van der Waals surface area contributed by atoms with Crippen LogP contribution in [-0.4, -0.2) is 82.3 Å². The lowest BCUT2D eigenvalue weighted by molar-refractivity contribution is -0.111. The Hall–Kier alpha value is -4.84. The second-order valence-corrected chi connectivity index (χ2v) is 9.75. The summed E-state index contributed by atoms with van der Waals surface area (Å²) in [4.78, 5) is 42.0. The first-order valence-corrected chi connectivity index (χ1v) is 13.0. The monoisotopic (exact) mass is 560 g/mol. The van der Waals surface area contributed by atoms with E-state index >= 15 is 0 Å². The van der Waals surface area contributed by atoms with Crippen molar-refractivity contribution in [2.75, 3.05) is 80.8 Å². The number of likely N-dealkylation sites (N-methyl/N-ethyl adjacent to an activating group) is 2. The van der Waals surface area contributed by atoms with Gasteiger partial charge >= 0.3 is 6.03 Å². The first-order chi connectivity index (χ1) is 19.7. The van der Waals surface area contributed by atoms with Gasteiger partial charge in [-0.05, 0) is 38.4 Å². The highest BCUT2D eigenvalue weighted by atomic mass is 16.5. The first-order valence-electron chi connectivity index (χ1n) is 13.0. The van der Waals surface area contributed by atoms with Crippen LogP contribution in [0.25, 0.3) is 0 Å². The van der Waals surface area contributed by atoms with Crippen LogP contribution in [0.5, 0.6) is 11.5 Å². The minimum Gasteiger partial charge on any atom is -0.495 e. The number of rotatable bonds is 11. The van der Waals surface area contributed by atoms with Crippen molar-refractivity contribution in [3.8, 4) is 11.5 Å². The number of ether oxygens (including phenoxy) is 2. The third-order valence-corrected chi connectivity index (χ3v) is 6.68. The van der Waals surface area contributed by atoms with Gasteiger partial charge in [0.2, 0.25) is 11.9 Å². The fourth-order valence-corrected chi connectivity index (χ4v) is 4.44. The lowest BCUT2D eigenvalue weighted by atomic mass is 10.2. The van der Waals surface area contributed by atoms with Crippen LogP contribution in [0.2, 0.25) is 0 Å². The van der Waals surface area contributed by atoms with E-state index in [2.05, 4.69) is 32.1 Å². The van der Waals surface area contributed by atoms with Crippen LogP contribution in [0.4, 0.5) is 39.3 Å². The van der Waals surface area contributed by atoms with Gasteiger partial charge in [-0.3, -0.25) is 14.6 Å². The number of urea groups is 1. The molecule has 0 saturated heterocycles. The Morgan fingerprint density at radius 3 is 2.51 bits per heavy atom. The summed E-state index contributed by atoms with van der Waals surface area (Å²) in [5.74, 6) is 1.54. The topological polar surface area (TPSA) is 115 Å². The number of nitrogens with one attached hydrogen (secondary N) is 2. The van der Waals surface area contributed by atoms with Gasteiger partial charge in [-0.15, -0.1) is 0 Å². The predicted octanol–water partition coefficient (Wildman–Crippen LogP) is 3.94. The molecular formula is C29H36N8O4. The largest absolute Gasteiger partial charge is 0.495 e. The summed E-state index contributed by atoms with van der Waals surface area (Å²) in [5, 5.41) is 6.08. The molecule has 12 nitrogen and oxygen atoms in total. The molecule has 3 aromatic rings. The first kappa shape index (κ1) is 29.2. The maximum atomic E-state index is 13.3. The molecule has 0 aliphatic carbocycles. The highest BCUT2D eigenvalue weighted by Gasteiger charge is 2.32. The number of fused-ring (bicyclic) bond motifs is 1. The molecule has 2 aromatic carbocycles. The molecule has 4 rings (SSSR count). The molecule has 0 radical (unpaired) electrons. The molecule has 0 atom stereocenters. The van der Waals surface area contributed by atoms with Crippen molar-refractivity contribution in [2.24, 2.45) is 0 Å². The van der Waals surface area contributed by atoms with Crippen LogP contribution in [0.3, 0.4) is 0 Å². The zero-order valence-electron chi connectivity index (χ0n) is 24.3. The lowest BCUT2D eigenvalue weighted by Crippen LogP contribution is -2.46. The van der Waals surface area contributed by atoms with Crippen LogP contribution in [0, 0.1) is 0 Å². The van der Waals surface area contributed by atoms with Gasteiger partial charge in [0, 0.05) is 45.0 Å². The van der Waals surface area contributed by atoms with E-state index in [1.165, 1.54) is 11.0 Å². The molecule has 12 heteroatoms. The SMILES string of the molecule is C=CC(=O)Nc1cc(Nc2ncc3c(n2)N(C)C(=O)N(c2ccccc2OC)C3)c(OC)cc1N(C)CCN(C)C. The van der Waals surface area contributed by atoms with Crippen LogP contribution in [-0.2, 0) is 11.3 Å². The van der Waals surface area contributed by atoms with E-state index in [4.69, 9.17) is 9.47 Å².